The van der Waals surface area contributed by atoms with E-state index in [1.165, 1.54) is 0 Å². The minimum atomic E-state index is -0.846. The highest BCUT2D eigenvalue weighted by atomic mass is 32.2. The normalized spacial score (nSPS) is 14.8. The van der Waals surface area contributed by atoms with Gasteiger partial charge in [-0.1, -0.05) is 62.3 Å². The highest BCUT2D eigenvalue weighted by Gasteiger charge is 2.27. The Morgan fingerprint density at radius 2 is 0.949 bits per heavy atom. The first-order chi connectivity index (χ1) is 37.1. The van der Waals surface area contributed by atoms with Gasteiger partial charge in [-0.3, -0.25) is 19.2 Å². The molecule has 0 radical (unpaired) electrons. The van der Waals surface area contributed by atoms with Crippen molar-refractivity contribution in [1.82, 2.24) is 16.0 Å². The zero-order valence-corrected chi connectivity index (χ0v) is 52.7. The zero-order chi connectivity index (χ0) is 59.6. The molecule has 0 aliphatic rings. The second-order valence-corrected chi connectivity index (χ2v) is 27.2. The van der Waals surface area contributed by atoms with Crippen molar-refractivity contribution in [3.63, 3.8) is 0 Å². The Morgan fingerprint density at radius 1 is 0.481 bits per heavy atom. The molecule has 0 aromatic carbocycles. The third kappa shape index (κ3) is 49.3. The van der Waals surface area contributed by atoms with Crippen LogP contribution in [0.5, 0.6) is 0 Å². The molecule has 0 bridgehead atoms. The molecule has 21 heteroatoms. The number of aliphatic hydroxyl groups is 4. The first kappa shape index (κ1) is 77.1. The Morgan fingerprint density at radius 3 is 1.41 bits per heavy atom. The smallest absolute Gasteiger partial charge is 0.305 e. The van der Waals surface area contributed by atoms with E-state index in [-0.39, 0.29) is 104 Å². The van der Waals surface area contributed by atoms with Gasteiger partial charge in [0.1, 0.15) is 18.3 Å². The molecule has 0 aromatic rings. The van der Waals surface area contributed by atoms with E-state index in [2.05, 4.69) is 78.3 Å². The van der Waals surface area contributed by atoms with Gasteiger partial charge in [0, 0.05) is 70.0 Å². The fourth-order valence-corrected chi connectivity index (χ4v) is 9.12. The maximum atomic E-state index is 12.4. The van der Waals surface area contributed by atoms with Crippen molar-refractivity contribution in [2.45, 2.75) is 184 Å². The molecule has 0 spiro atoms. The van der Waals surface area contributed by atoms with Crippen LogP contribution in [0.1, 0.15) is 154 Å². The van der Waals surface area contributed by atoms with Crippen molar-refractivity contribution in [2.24, 2.45) is 28.1 Å². The molecule has 0 aliphatic heterocycles. The summed E-state index contributed by atoms with van der Waals surface area (Å²) >= 11 is 3.38. The molecule has 0 rings (SSSR count). The number of aliphatic hydroxyl groups excluding tert-OH is 4. The number of amides is 2. The van der Waals surface area contributed by atoms with Crippen molar-refractivity contribution in [3.8, 4) is 0 Å². The van der Waals surface area contributed by atoms with E-state index in [9.17, 15) is 39.6 Å². The Balaban J connectivity index is 3.90. The van der Waals surface area contributed by atoms with Crippen LogP contribution in [0, 0.1) is 28.1 Å². The van der Waals surface area contributed by atoms with Gasteiger partial charge in [0.15, 0.2) is 0 Å². The summed E-state index contributed by atoms with van der Waals surface area (Å²) in [6, 6.07) is 0. The summed E-state index contributed by atoms with van der Waals surface area (Å²) in [6.45, 7) is 29.6. The lowest BCUT2D eigenvalue weighted by Crippen LogP contribution is -2.36. The van der Waals surface area contributed by atoms with Gasteiger partial charge in [0.25, 0.3) is 0 Å². The number of ether oxygens (including phenoxy) is 8. The van der Waals surface area contributed by atoms with Crippen LogP contribution in [-0.2, 0) is 57.1 Å². The van der Waals surface area contributed by atoms with E-state index < -0.39 is 24.4 Å². The number of rotatable bonds is 50. The summed E-state index contributed by atoms with van der Waals surface area (Å²) in [5.41, 5.74) is -0.487. The number of thioether (sulfide) groups is 2. The molecule has 0 heterocycles. The molecule has 79 heavy (non-hydrogen) atoms. The number of unbranched alkanes of at least 4 members (excludes halogenated alkanes) is 2. The third-order valence-electron chi connectivity index (χ3n) is 12.5. The molecule has 2 amide bonds. The number of hydrogen-bond donors (Lipinski definition) is 7. The lowest BCUT2D eigenvalue weighted by molar-refractivity contribution is -0.145. The van der Waals surface area contributed by atoms with Gasteiger partial charge in [-0.2, -0.15) is 23.5 Å². The third-order valence-corrected chi connectivity index (χ3v) is 14.6. The van der Waals surface area contributed by atoms with Crippen LogP contribution in [0.25, 0.3) is 0 Å². The molecule has 7 N–H and O–H groups in total. The van der Waals surface area contributed by atoms with E-state index in [0.29, 0.717) is 129 Å². The number of carbonyl (C=O) groups is 4. The predicted octanol–water partition coefficient (Wildman–Crippen LogP) is 6.36. The summed E-state index contributed by atoms with van der Waals surface area (Å²) in [4.78, 5) is 49.3. The van der Waals surface area contributed by atoms with E-state index in [1.807, 2.05) is 20.8 Å². The van der Waals surface area contributed by atoms with Crippen molar-refractivity contribution in [2.75, 3.05) is 135 Å². The highest BCUT2D eigenvalue weighted by Crippen LogP contribution is 2.30. The Kier molecular flexibility index (Phi) is 44.5. The highest BCUT2D eigenvalue weighted by molar-refractivity contribution is 7.99. The fraction of sp³-hybridized carbons (Fsp3) is 0.931. The van der Waals surface area contributed by atoms with Gasteiger partial charge in [0.2, 0.25) is 11.8 Å². The molecule has 0 saturated heterocycles. The molecular formula is C58H113N3O16S2. The number of hydrogen-bond acceptors (Lipinski definition) is 19. The van der Waals surface area contributed by atoms with Crippen LogP contribution < -0.4 is 16.0 Å². The summed E-state index contributed by atoms with van der Waals surface area (Å²) in [5, 5.41) is 48.9. The molecule has 0 aromatic heterocycles. The van der Waals surface area contributed by atoms with Crippen LogP contribution in [0.3, 0.4) is 0 Å². The number of esters is 2. The van der Waals surface area contributed by atoms with Crippen LogP contribution in [0.2, 0.25) is 0 Å². The molecule has 468 valence electrons. The van der Waals surface area contributed by atoms with Gasteiger partial charge in [-0.25, -0.2) is 0 Å². The topological polar surface area (TPSA) is 259 Å². The molecule has 6 atom stereocenters. The predicted molar refractivity (Wildman–Crippen MR) is 315 cm³/mol. The molecule has 6 unspecified atom stereocenters. The summed E-state index contributed by atoms with van der Waals surface area (Å²) < 4.78 is 45.3. The maximum absolute atomic E-state index is 12.4. The minimum absolute atomic E-state index is 0.00613. The average molecular weight is 1170 g/mol. The average Bonchev–Trinajstić information content (AvgIpc) is 3.35. The van der Waals surface area contributed by atoms with E-state index in [4.69, 9.17) is 37.9 Å². The Hall–Kier alpha value is -1.86. The monoisotopic (exact) mass is 1170 g/mol. The lowest BCUT2D eigenvalue weighted by atomic mass is 9.79. The fourth-order valence-electron chi connectivity index (χ4n) is 7.23. The quantitative estimate of drug-likeness (QED) is 0.0258. The SMILES string of the molecule is CC(C)(C)COCC(CO)OCC(O)COCC(CCOC(=O)CCCCSCCC(=O)NCCNCCNC(=O)CCSCCCCC(=O)OCCC(COCCC(O)COC(CO)COC(C)(C)C)C(C)(C)C)C(C)(C)C. The van der Waals surface area contributed by atoms with Gasteiger partial charge in [-0.15, -0.1) is 0 Å². The largest absolute Gasteiger partial charge is 0.466 e. The Bertz CT molecular complexity index is 1540. The van der Waals surface area contributed by atoms with Gasteiger partial charge in [-0.05, 0) is 105 Å². The van der Waals surface area contributed by atoms with Gasteiger partial charge in [0.05, 0.1) is 91.0 Å². The standard InChI is InChI=1S/C58H113N3O16S2/c1-55(2,3)44-72-42-49(35-62)76-41-48(65)39-71-38-46(57(7,8)9)20-30-74-54(69)18-14-16-32-79-34-23-52(67)61-27-25-59-24-26-60-51(66)22-33-78-31-15-13-17-53(68)73-29-19-45(56(4,5)6)37-70-28-21-47(64)40-75-50(36-63)43-77-58(10,11)12/h45-50,59,62-65H,13-44H2,1-12H3,(H,60,66)(H,61,67). The molecule has 0 saturated carbocycles. The molecule has 19 nitrogen and oxygen atoms in total. The van der Waals surface area contributed by atoms with E-state index in [1.54, 1.807) is 23.5 Å². The second-order valence-electron chi connectivity index (χ2n) is 24.7. The van der Waals surface area contributed by atoms with Crippen LogP contribution in [-0.4, -0.2) is 209 Å². The van der Waals surface area contributed by atoms with Crippen molar-refractivity contribution >= 4 is 47.3 Å². The first-order valence-electron chi connectivity index (χ1n) is 29.0. The number of carbonyl (C=O) groups excluding carboxylic acids is 4. The molecule has 0 fully saturated rings. The first-order valence-corrected chi connectivity index (χ1v) is 31.3. The van der Waals surface area contributed by atoms with Crippen LogP contribution in [0.4, 0.5) is 0 Å². The summed E-state index contributed by atoms with van der Waals surface area (Å²) in [7, 11) is 0. The van der Waals surface area contributed by atoms with Crippen LogP contribution in [0.15, 0.2) is 0 Å². The minimum Gasteiger partial charge on any atom is -0.466 e. The van der Waals surface area contributed by atoms with Crippen molar-refractivity contribution in [1.29, 1.82) is 0 Å². The maximum Gasteiger partial charge on any atom is 0.305 e. The second kappa shape index (κ2) is 45.6. The lowest BCUT2D eigenvalue weighted by Gasteiger charge is -2.31. The summed E-state index contributed by atoms with van der Waals surface area (Å²) in [6.07, 6.45) is 3.82. The van der Waals surface area contributed by atoms with Crippen molar-refractivity contribution < 1.29 is 77.5 Å². The molecule has 0 aliphatic carbocycles. The van der Waals surface area contributed by atoms with E-state index >= 15 is 0 Å². The molecular weight excluding hydrogens is 1060 g/mol. The van der Waals surface area contributed by atoms with E-state index in [0.717, 1.165) is 30.8 Å². The van der Waals surface area contributed by atoms with Gasteiger partial charge < -0.3 is 74.3 Å². The van der Waals surface area contributed by atoms with Crippen LogP contribution >= 0.6 is 23.5 Å². The zero-order valence-electron chi connectivity index (χ0n) is 51.1. The Labute approximate surface area is 485 Å². The van der Waals surface area contributed by atoms with Gasteiger partial charge >= 0.3 is 11.9 Å². The summed E-state index contributed by atoms with van der Waals surface area (Å²) in [5.74, 6) is 2.94. The van der Waals surface area contributed by atoms with Crippen molar-refractivity contribution in [3.05, 3.63) is 0 Å². The number of nitrogens with one attached hydrogen (secondary N) is 3.